The van der Waals surface area contributed by atoms with Gasteiger partial charge < -0.3 is 10.0 Å². The minimum Gasteiger partial charge on any atom is -0.478 e. The Kier molecular flexibility index (Phi) is 4.21. The molecule has 7 nitrogen and oxygen atoms in total. The smallest absolute Gasteiger partial charge is 0.339 e. The number of hydrogen-bond acceptors (Lipinski definition) is 5. The fourth-order valence-corrected chi connectivity index (χ4v) is 1.40. The molecule has 1 aromatic heterocycles. The molecule has 0 unspecified atom stereocenters. The van der Waals surface area contributed by atoms with Crippen LogP contribution in [0.2, 0.25) is 0 Å². The first-order valence-electron chi connectivity index (χ1n) is 5.07. The number of carboxylic acid groups (broad SMARTS) is 1. The Hall–Kier alpha value is -2.62. The number of hydrogen-bond donors (Lipinski definition) is 1. The van der Waals surface area contributed by atoms with Gasteiger partial charge in [0.05, 0.1) is 11.5 Å². The highest BCUT2D eigenvalue weighted by Gasteiger charge is 2.20. The summed E-state index contributed by atoms with van der Waals surface area (Å²) in [7, 11) is 0. The van der Waals surface area contributed by atoms with Gasteiger partial charge in [-0.15, -0.1) is 6.42 Å². The maximum atomic E-state index is 11.1. The largest absolute Gasteiger partial charge is 0.478 e. The van der Waals surface area contributed by atoms with Crippen molar-refractivity contribution in [1.82, 2.24) is 4.98 Å². The van der Waals surface area contributed by atoms with Crippen molar-refractivity contribution in [3.63, 3.8) is 0 Å². The summed E-state index contributed by atoms with van der Waals surface area (Å²) in [6.45, 7) is 2.42. The van der Waals surface area contributed by atoms with E-state index in [1.165, 1.54) is 0 Å². The third-order valence-corrected chi connectivity index (χ3v) is 2.26. The molecule has 94 valence electrons. The number of aromatic nitrogens is 1. The lowest BCUT2D eigenvalue weighted by Gasteiger charge is -2.20. The molecule has 0 aliphatic rings. The normalized spacial score (nSPS) is 9.56. The summed E-state index contributed by atoms with van der Waals surface area (Å²) in [5.74, 6) is 1.23. The molecule has 1 heterocycles. The second-order valence-corrected chi connectivity index (χ2v) is 3.35. The van der Waals surface area contributed by atoms with E-state index in [0.29, 0.717) is 6.54 Å². The van der Waals surface area contributed by atoms with Crippen molar-refractivity contribution in [2.75, 3.05) is 18.0 Å². The Morgan fingerprint density at radius 2 is 2.39 bits per heavy atom. The lowest BCUT2D eigenvalue weighted by atomic mass is 10.2. The van der Waals surface area contributed by atoms with Gasteiger partial charge >= 0.3 is 5.97 Å². The van der Waals surface area contributed by atoms with Crippen molar-refractivity contribution < 1.29 is 14.8 Å². The summed E-state index contributed by atoms with van der Waals surface area (Å²) < 4.78 is 0. The van der Waals surface area contributed by atoms with Crippen molar-refractivity contribution in [2.24, 2.45) is 0 Å². The van der Waals surface area contributed by atoms with Crippen LogP contribution in [0.4, 0.5) is 11.5 Å². The molecule has 7 heteroatoms. The van der Waals surface area contributed by atoms with Gasteiger partial charge in [-0.3, -0.25) is 10.1 Å². The van der Waals surface area contributed by atoms with Crippen molar-refractivity contribution in [2.45, 2.75) is 6.92 Å². The van der Waals surface area contributed by atoms with Crippen LogP contribution in [-0.2, 0) is 0 Å². The predicted octanol–water partition coefficient (Wildman–Crippen LogP) is 1.15. The zero-order valence-electron chi connectivity index (χ0n) is 9.66. The van der Waals surface area contributed by atoms with Gasteiger partial charge in [0, 0.05) is 12.6 Å². The number of nitro groups is 1. The van der Waals surface area contributed by atoms with Crippen LogP contribution >= 0.6 is 0 Å². The molecule has 0 bridgehead atoms. The van der Waals surface area contributed by atoms with Gasteiger partial charge in [-0.05, 0) is 6.92 Å². The first-order valence-corrected chi connectivity index (χ1v) is 5.07. The molecule has 0 amide bonds. The summed E-state index contributed by atoms with van der Waals surface area (Å²) in [4.78, 5) is 26.3. The Labute approximate surface area is 103 Å². The van der Waals surface area contributed by atoms with E-state index in [4.69, 9.17) is 11.5 Å². The topological polar surface area (TPSA) is 96.6 Å². The molecule has 0 fully saturated rings. The number of nitrogens with zero attached hydrogens (tertiary/aromatic N) is 3. The summed E-state index contributed by atoms with van der Waals surface area (Å²) in [5, 5.41) is 19.6. The van der Waals surface area contributed by atoms with E-state index in [9.17, 15) is 14.9 Å². The number of terminal acetylenes is 1. The van der Waals surface area contributed by atoms with Crippen LogP contribution in [0.15, 0.2) is 12.3 Å². The maximum Gasteiger partial charge on any atom is 0.339 e. The molecule has 0 radical (unpaired) electrons. The van der Waals surface area contributed by atoms with Crippen LogP contribution in [0.1, 0.15) is 17.3 Å². The predicted molar refractivity (Wildman–Crippen MR) is 64.6 cm³/mol. The van der Waals surface area contributed by atoms with Crippen molar-refractivity contribution in [3.8, 4) is 12.3 Å². The number of rotatable bonds is 5. The minimum absolute atomic E-state index is 0.133. The number of anilines is 1. The molecule has 1 rings (SSSR count). The van der Waals surface area contributed by atoms with Crippen LogP contribution < -0.4 is 4.90 Å². The van der Waals surface area contributed by atoms with Gasteiger partial charge in [0.2, 0.25) is 0 Å². The van der Waals surface area contributed by atoms with Crippen molar-refractivity contribution in [1.29, 1.82) is 0 Å². The number of carbonyl (C=O) groups is 1. The van der Waals surface area contributed by atoms with Crippen LogP contribution in [0, 0.1) is 22.5 Å². The summed E-state index contributed by atoms with van der Waals surface area (Å²) in [5.41, 5.74) is -0.603. The molecule has 0 aromatic carbocycles. The molecule has 0 aliphatic heterocycles. The summed E-state index contributed by atoms with van der Waals surface area (Å²) >= 11 is 0. The number of aromatic carboxylic acids is 1. The molecule has 0 saturated heterocycles. The molecule has 0 saturated carbocycles. The summed E-state index contributed by atoms with van der Waals surface area (Å²) in [6.07, 6.45) is 6.19. The fraction of sp³-hybridized carbons (Fsp3) is 0.273. The quantitative estimate of drug-likeness (QED) is 0.477. The molecule has 0 atom stereocenters. The monoisotopic (exact) mass is 249 g/mol. The van der Waals surface area contributed by atoms with E-state index < -0.39 is 10.9 Å². The average molecular weight is 249 g/mol. The molecule has 1 aromatic rings. The molecule has 1 N–H and O–H groups in total. The second kappa shape index (κ2) is 5.63. The van der Waals surface area contributed by atoms with Gasteiger partial charge in [-0.2, -0.15) is 0 Å². The lowest BCUT2D eigenvalue weighted by Crippen LogP contribution is -2.26. The first-order chi connectivity index (χ1) is 8.51. The van der Waals surface area contributed by atoms with Crippen molar-refractivity contribution >= 4 is 17.5 Å². The molecule has 0 spiro atoms. The van der Waals surface area contributed by atoms with Gasteiger partial charge in [0.25, 0.3) is 5.69 Å². The summed E-state index contributed by atoms with van der Waals surface area (Å²) in [6, 6.07) is 0.976. The zero-order valence-corrected chi connectivity index (χ0v) is 9.66. The van der Waals surface area contributed by atoms with Crippen LogP contribution in [0.25, 0.3) is 0 Å². The van der Waals surface area contributed by atoms with Gasteiger partial charge in [-0.1, -0.05) is 5.92 Å². The average Bonchev–Trinajstić information content (AvgIpc) is 2.35. The van der Waals surface area contributed by atoms with Crippen molar-refractivity contribution in [3.05, 3.63) is 27.9 Å². The van der Waals surface area contributed by atoms with Crippen LogP contribution in [0.3, 0.4) is 0 Å². The number of pyridine rings is 1. The number of carboxylic acids is 1. The molecular weight excluding hydrogens is 238 g/mol. The molecule has 0 aliphatic carbocycles. The van der Waals surface area contributed by atoms with E-state index in [1.54, 1.807) is 11.8 Å². The highest BCUT2D eigenvalue weighted by atomic mass is 16.6. The Bertz CT molecular complexity index is 522. The Morgan fingerprint density at radius 3 is 2.83 bits per heavy atom. The van der Waals surface area contributed by atoms with E-state index in [1.807, 2.05) is 0 Å². The van der Waals surface area contributed by atoms with E-state index in [0.717, 1.165) is 12.3 Å². The zero-order chi connectivity index (χ0) is 13.7. The third kappa shape index (κ3) is 2.74. The minimum atomic E-state index is -1.28. The van der Waals surface area contributed by atoms with Crippen LogP contribution in [-0.4, -0.2) is 34.1 Å². The molecule has 18 heavy (non-hydrogen) atoms. The second-order valence-electron chi connectivity index (χ2n) is 3.35. The van der Waals surface area contributed by atoms with Gasteiger partial charge in [0.15, 0.2) is 0 Å². The van der Waals surface area contributed by atoms with Crippen LogP contribution in [0.5, 0.6) is 0 Å². The third-order valence-electron chi connectivity index (χ3n) is 2.26. The standard InChI is InChI=1S/C11H11N3O4/c1-3-5-13(4-2)10-9(11(15)16)6-8(7-12-10)14(17)18/h1,6-7H,4-5H2,2H3,(H,15,16). The highest BCUT2D eigenvalue weighted by Crippen LogP contribution is 2.22. The van der Waals surface area contributed by atoms with E-state index in [-0.39, 0.29) is 23.6 Å². The highest BCUT2D eigenvalue weighted by molar-refractivity contribution is 5.94. The maximum absolute atomic E-state index is 11.1. The molecular formula is C11H11N3O4. The SMILES string of the molecule is C#CCN(CC)c1ncc([N+](=O)[O-])cc1C(=O)O. The Morgan fingerprint density at radius 1 is 1.72 bits per heavy atom. The van der Waals surface area contributed by atoms with E-state index >= 15 is 0 Å². The van der Waals surface area contributed by atoms with Gasteiger partial charge in [0.1, 0.15) is 17.6 Å². The Balaban J connectivity index is 3.31. The van der Waals surface area contributed by atoms with Gasteiger partial charge in [-0.25, -0.2) is 9.78 Å². The fourth-order valence-electron chi connectivity index (χ4n) is 1.40. The van der Waals surface area contributed by atoms with E-state index in [2.05, 4.69) is 10.9 Å². The lowest BCUT2D eigenvalue weighted by molar-refractivity contribution is -0.385. The first kappa shape index (κ1) is 13.4.